The van der Waals surface area contributed by atoms with Gasteiger partial charge >= 0.3 is 0 Å². The largest absolute Gasteiger partial charge is 0.389 e. The van der Waals surface area contributed by atoms with Crippen molar-refractivity contribution in [2.24, 2.45) is 5.73 Å². The predicted octanol–water partition coefficient (Wildman–Crippen LogP) is 1.22. The van der Waals surface area contributed by atoms with Gasteiger partial charge in [-0.15, -0.1) is 0 Å². The van der Waals surface area contributed by atoms with E-state index in [1.165, 1.54) is 0 Å². The molecule has 17 heavy (non-hydrogen) atoms. The summed E-state index contributed by atoms with van der Waals surface area (Å²) >= 11 is 0. The van der Waals surface area contributed by atoms with Crippen LogP contribution in [0.25, 0.3) is 0 Å². The Morgan fingerprint density at radius 3 is 2.47 bits per heavy atom. The molecule has 0 aromatic rings. The molecule has 0 saturated heterocycles. The van der Waals surface area contributed by atoms with Gasteiger partial charge in [0.1, 0.15) is 0 Å². The lowest BCUT2D eigenvalue weighted by Gasteiger charge is -2.23. The minimum atomic E-state index is -0.692. The SMILES string of the molecule is CCOCCN(CC)CCCCC(C)(O)CN. The Labute approximate surface area is 106 Å². The molecule has 1 unspecified atom stereocenters. The van der Waals surface area contributed by atoms with Crippen LogP contribution in [0.5, 0.6) is 0 Å². The zero-order valence-electron chi connectivity index (χ0n) is 11.7. The van der Waals surface area contributed by atoms with Gasteiger partial charge in [0.25, 0.3) is 0 Å². The van der Waals surface area contributed by atoms with Gasteiger partial charge in [-0.25, -0.2) is 0 Å². The van der Waals surface area contributed by atoms with Crippen molar-refractivity contribution < 1.29 is 9.84 Å². The summed E-state index contributed by atoms with van der Waals surface area (Å²) in [4.78, 5) is 2.38. The minimum absolute atomic E-state index is 0.342. The molecule has 0 aliphatic rings. The summed E-state index contributed by atoms with van der Waals surface area (Å²) in [6.07, 6.45) is 2.91. The van der Waals surface area contributed by atoms with E-state index in [0.717, 1.165) is 52.1 Å². The van der Waals surface area contributed by atoms with Crippen LogP contribution in [0.15, 0.2) is 0 Å². The van der Waals surface area contributed by atoms with E-state index in [-0.39, 0.29) is 0 Å². The molecule has 0 aromatic heterocycles. The molecule has 0 aliphatic heterocycles. The van der Waals surface area contributed by atoms with Crippen molar-refractivity contribution in [3.05, 3.63) is 0 Å². The summed E-state index contributed by atoms with van der Waals surface area (Å²) < 4.78 is 5.35. The van der Waals surface area contributed by atoms with Gasteiger partial charge in [-0.05, 0) is 46.2 Å². The molecular formula is C13H30N2O2. The van der Waals surface area contributed by atoms with E-state index in [9.17, 15) is 5.11 Å². The molecule has 4 nitrogen and oxygen atoms in total. The highest BCUT2D eigenvalue weighted by Gasteiger charge is 2.16. The fraction of sp³-hybridized carbons (Fsp3) is 1.00. The zero-order chi connectivity index (χ0) is 13.1. The Morgan fingerprint density at radius 1 is 1.24 bits per heavy atom. The molecule has 0 amide bonds. The summed E-state index contributed by atoms with van der Waals surface area (Å²) in [5, 5.41) is 9.76. The second kappa shape index (κ2) is 9.83. The third kappa shape index (κ3) is 9.53. The molecule has 0 heterocycles. The normalized spacial score (nSPS) is 15.2. The average molecular weight is 246 g/mol. The summed E-state index contributed by atoms with van der Waals surface area (Å²) in [5.74, 6) is 0. The Morgan fingerprint density at radius 2 is 1.94 bits per heavy atom. The quantitative estimate of drug-likeness (QED) is 0.538. The highest BCUT2D eigenvalue weighted by atomic mass is 16.5. The average Bonchev–Trinajstić information content (AvgIpc) is 2.32. The van der Waals surface area contributed by atoms with Gasteiger partial charge < -0.3 is 20.5 Å². The van der Waals surface area contributed by atoms with Crippen molar-refractivity contribution in [2.45, 2.75) is 45.6 Å². The minimum Gasteiger partial charge on any atom is -0.389 e. The first-order valence-electron chi connectivity index (χ1n) is 6.78. The maximum atomic E-state index is 9.76. The number of nitrogens with zero attached hydrogens (tertiary/aromatic N) is 1. The molecule has 0 radical (unpaired) electrons. The lowest BCUT2D eigenvalue weighted by molar-refractivity contribution is 0.0557. The molecule has 3 N–H and O–H groups in total. The van der Waals surface area contributed by atoms with Crippen LogP contribution in [0, 0.1) is 0 Å². The molecule has 0 rings (SSSR count). The lowest BCUT2D eigenvalue weighted by atomic mass is 9.99. The predicted molar refractivity (Wildman–Crippen MR) is 72.1 cm³/mol. The van der Waals surface area contributed by atoms with E-state index in [1.807, 2.05) is 6.92 Å². The maximum Gasteiger partial charge on any atom is 0.0741 e. The number of hydrogen-bond acceptors (Lipinski definition) is 4. The van der Waals surface area contributed by atoms with Gasteiger partial charge in [0.2, 0.25) is 0 Å². The first kappa shape index (κ1) is 16.8. The number of likely N-dealkylation sites (N-methyl/N-ethyl adjacent to an activating group) is 1. The van der Waals surface area contributed by atoms with E-state index in [1.54, 1.807) is 6.92 Å². The first-order valence-corrected chi connectivity index (χ1v) is 6.78. The second-order valence-electron chi connectivity index (χ2n) is 4.79. The van der Waals surface area contributed by atoms with Gasteiger partial charge in [0.05, 0.1) is 12.2 Å². The van der Waals surface area contributed by atoms with Gasteiger partial charge in [0.15, 0.2) is 0 Å². The topological polar surface area (TPSA) is 58.7 Å². The van der Waals surface area contributed by atoms with Crippen LogP contribution in [-0.2, 0) is 4.74 Å². The molecule has 1 atom stereocenters. The van der Waals surface area contributed by atoms with Crippen LogP contribution in [0.1, 0.15) is 40.0 Å². The van der Waals surface area contributed by atoms with E-state index in [0.29, 0.717) is 6.54 Å². The molecule has 0 saturated carbocycles. The highest BCUT2D eigenvalue weighted by Crippen LogP contribution is 2.11. The Kier molecular flexibility index (Phi) is 9.74. The molecule has 104 valence electrons. The molecule has 0 aromatic carbocycles. The molecule has 4 heteroatoms. The van der Waals surface area contributed by atoms with Crippen molar-refractivity contribution in [3.63, 3.8) is 0 Å². The molecule has 0 spiro atoms. The van der Waals surface area contributed by atoms with Crippen LogP contribution in [-0.4, -0.2) is 55.0 Å². The fourth-order valence-corrected chi connectivity index (χ4v) is 1.71. The van der Waals surface area contributed by atoms with Gasteiger partial charge in [-0.3, -0.25) is 0 Å². The molecule has 0 fully saturated rings. The number of hydrogen-bond donors (Lipinski definition) is 2. The Balaban J connectivity index is 3.56. The Bertz CT molecular complexity index is 175. The summed E-state index contributed by atoms with van der Waals surface area (Å²) in [7, 11) is 0. The lowest BCUT2D eigenvalue weighted by Crippen LogP contribution is -2.34. The van der Waals surface area contributed by atoms with Gasteiger partial charge in [-0.2, -0.15) is 0 Å². The van der Waals surface area contributed by atoms with Crippen LogP contribution in [0.3, 0.4) is 0 Å². The highest BCUT2D eigenvalue weighted by molar-refractivity contribution is 4.73. The van der Waals surface area contributed by atoms with Crippen molar-refractivity contribution in [2.75, 3.05) is 39.4 Å². The van der Waals surface area contributed by atoms with E-state index < -0.39 is 5.60 Å². The summed E-state index contributed by atoms with van der Waals surface area (Å²) in [5.41, 5.74) is 4.79. The number of aliphatic hydroxyl groups is 1. The molecule has 0 bridgehead atoms. The van der Waals surface area contributed by atoms with Crippen LogP contribution < -0.4 is 5.73 Å². The summed E-state index contributed by atoms with van der Waals surface area (Å²) in [6, 6.07) is 0. The third-order valence-corrected chi connectivity index (χ3v) is 3.08. The van der Waals surface area contributed by atoms with Gasteiger partial charge in [-0.1, -0.05) is 6.92 Å². The van der Waals surface area contributed by atoms with Crippen molar-refractivity contribution in [1.82, 2.24) is 4.90 Å². The summed E-state index contributed by atoms with van der Waals surface area (Å²) in [6.45, 7) is 11.1. The fourth-order valence-electron chi connectivity index (χ4n) is 1.71. The van der Waals surface area contributed by atoms with Crippen molar-refractivity contribution in [1.29, 1.82) is 0 Å². The third-order valence-electron chi connectivity index (χ3n) is 3.08. The standard InChI is InChI=1S/C13H30N2O2/c1-4-15(10-11-17-5-2)9-7-6-8-13(3,16)12-14/h16H,4-12,14H2,1-3H3. The maximum absolute atomic E-state index is 9.76. The first-order chi connectivity index (χ1) is 8.05. The smallest absolute Gasteiger partial charge is 0.0741 e. The van der Waals surface area contributed by atoms with Crippen LogP contribution >= 0.6 is 0 Å². The number of nitrogens with two attached hydrogens (primary N) is 1. The second-order valence-corrected chi connectivity index (χ2v) is 4.79. The van der Waals surface area contributed by atoms with Crippen LogP contribution in [0.4, 0.5) is 0 Å². The zero-order valence-corrected chi connectivity index (χ0v) is 11.7. The Hall–Kier alpha value is -0.160. The van der Waals surface area contributed by atoms with E-state index in [2.05, 4.69) is 11.8 Å². The van der Waals surface area contributed by atoms with Crippen molar-refractivity contribution >= 4 is 0 Å². The molecular weight excluding hydrogens is 216 g/mol. The van der Waals surface area contributed by atoms with E-state index in [4.69, 9.17) is 10.5 Å². The number of unbranched alkanes of at least 4 members (excludes halogenated alkanes) is 1. The van der Waals surface area contributed by atoms with Crippen molar-refractivity contribution in [3.8, 4) is 0 Å². The monoisotopic (exact) mass is 246 g/mol. The molecule has 0 aliphatic carbocycles. The number of ether oxygens (including phenoxy) is 1. The van der Waals surface area contributed by atoms with Crippen LogP contribution in [0.2, 0.25) is 0 Å². The number of rotatable bonds is 11. The van der Waals surface area contributed by atoms with Gasteiger partial charge in [0, 0.05) is 19.7 Å². The van der Waals surface area contributed by atoms with E-state index >= 15 is 0 Å².